The van der Waals surface area contributed by atoms with Gasteiger partial charge in [-0.25, -0.2) is 0 Å². The molecule has 2 bridgehead atoms. The molecule has 10 atom stereocenters. The van der Waals surface area contributed by atoms with Crippen LogP contribution in [-0.2, 0) is 14.3 Å². The fourth-order valence-electron chi connectivity index (χ4n) is 10.1. The number of carbonyl (C=O) groups excluding carboxylic acids is 1. The van der Waals surface area contributed by atoms with Gasteiger partial charge in [-0.15, -0.1) is 0 Å². The number of carbonyl (C=O) groups is 1. The number of hydrogen-bond donors (Lipinski definition) is 0. The number of hydrogen-bond acceptors (Lipinski definition) is 3. The van der Waals surface area contributed by atoms with E-state index in [9.17, 15) is 4.79 Å². The molecule has 188 valence electrons. The molecule has 1 saturated heterocycles. The first-order valence-corrected chi connectivity index (χ1v) is 14.9. The topological polar surface area (TPSA) is 35.5 Å². The summed E-state index contributed by atoms with van der Waals surface area (Å²) in [5.41, 5.74) is 0.759. The maximum absolute atomic E-state index is 11.7. The zero-order chi connectivity index (χ0) is 23.6. The second-order valence-electron chi connectivity index (χ2n) is 13.4. The maximum atomic E-state index is 11.7. The van der Waals surface area contributed by atoms with Crippen LogP contribution in [0.15, 0.2) is 0 Å². The zero-order valence-electron chi connectivity index (χ0n) is 21.7. The van der Waals surface area contributed by atoms with Crippen molar-refractivity contribution in [1.82, 2.24) is 0 Å². The molecule has 1 aliphatic heterocycles. The lowest BCUT2D eigenvalue weighted by atomic mass is 9.44. The Morgan fingerprint density at radius 2 is 1.88 bits per heavy atom. The van der Waals surface area contributed by atoms with E-state index in [0.29, 0.717) is 5.41 Å². The van der Waals surface area contributed by atoms with E-state index in [2.05, 4.69) is 43.6 Å². The Kier molecular flexibility index (Phi) is 6.55. The summed E-state index contributed by atoms with van der Waals surface area (Å²) < 4.78 is 12.3. The van der Waals surface area contributed by atoms with E-state index >= 15 is 0 Å². The number of alkyl halides is 1. The highest BCUT2D eigenvalue weighted by molar-refractivity contribution is 9.10. The highest BCUT2D eigenvalue weighted by Gasteiger charge is 2.72. The van der Waals surface area contributed by atoms with Gasteiger partial charge in [-0.3, -0.25) is 4.79 Å². The Labute approximate surface area is 210 Å². The number of rotatable bonds is 6. The van der Waals surface area contributed by atoms with Crippen LogP contribution < -0.4 is 0 Å². The normalized spacial score (nSPS) is 49.3. The quantitative estimate of drug-likeness (QED) is 0.266. The second kappa shape index (κ2) is 8.79. The SMILES string of the molecule is CC(=O)O[C@H]1CC[C@@]23CO[C@H](C[C@@H]4[C@H]5CC[C@@H]([C@@H](C)CCCC(C)C)[C@@]5(C)CC[C@H]42)[C@@]3(Br)C1. The van der Waals surface area contributed by atoms with Crippen LogP contribution in [-0.4, -0.2) is 29.1 Å². The smallest absolute Gasteiger partial charge is 0.302 e. The van der Waals surface area contributed by atoms with Crippen LogP contribution in [0.1, 0.15) is 105 Å². The summed E-state index contributed by atoms with van der Waals surface area (Å²) in [6.07, 6.45) is 14.5. The molecular formula is C29H47BrO3. The molecule has 0 radical (unpaired) electrons. The van der Waals surface area contributed by atoms with Gasteiger partial charge in [0.1, 0.15) is 6.10 Å². The minimum atomic E-state index is -0.137. The van der Waals surface area contributed by atoms with Crippen LogP contribution in [0.3, 0.4) is 0 Å². The third-order valence-corrected chi connectivity index (χ3v) is 13.1. The summed E-state index contributed by atoms with van der Waals surface area (Å²) in [6.45, 7) is 12.4. The first-order chi connectivity index (χ1) is 15.6. The molecule has 5 rings (SSSR count). The van der Waals surface area contributed by atoms with Crippen LogP contribution in [0, 0.1) is 46.3 Å². The van der Waals surface area contributed by atoms with Gasteiger partial charge in [0.2, 0.25) is 0 Å². The molecule has 4 saturated carbocycles. The largest absolute Gasteiger partial charge is 0.463 e. The van der Waals surface area contributed by atoms with E-state index in [-0.39, 0.29) is 27.9 Å². The third-order valence-electron chi connectivity index (χ3n) is 11.5. The molecule has 4 heteroatoms. The molecule has 3 nitrogen and oxygen atoms in total. The van der Waals surface area contributed by atoms with Gasteiger partial charge in [0, 0.05) is 18.8 Å². The minimum Gasteiger partial charge on any atom is -0.463 e. The van der Waals surface area contributed by atoms with E-state index in [1.807, 2.05) is 0 Å². The van der Waals surface area contributed by atoms with Crippen molar-refractivity contribution in [2.75, 3.05) is 6.61 Å². The monoisotopic (exact) mass is 522 g/mol. The predicted octanol–water partition coefficient (Wildman–Crippen LogP) is 7.55. The highest BCUT2D eigenvalue weighted by Crippen LogP contribution is 2.73. The van der Waals surface area contributed by atoms with Gasteiger partial charge in [0.15, 0.2) is 0 Å². The van der Waals surface area contributed by atoms with Crippen molar-refractivity contribution >= 4 is 21.9 Å². The Bertz CT molecular complexity index is 753. The molecule has 0 aromatic rings. The van der Waals surface area contributed by atoms with Crippen molar-refractivity contribution in [3.63, 3.8) is 0 Å². The Balaban J connectivity index is 1.34. The van der Waals surface area contributed by atoms with E-state index in [1.165, 1.54) is 51.4 Å². The van der Waals surface area contributed by atoms with Gasteiger partial charge in [0.05, 0.1) is 17.0 Å². The molecule has 0 amide bonds. The van der Waals surface area contributed by atoms with Crippen LogP contribution in [0.5, 0.6) is 0 Å². The number of halogens is 1. The maximum Gasteiger partial charge on any atom is 0.302 e. The van der Waals surface area contributed by atoms with Gasteiger partial charge >= 0.3 is 5.97 Å². The van der Waals surface area contributed by atoms with Crippen LogP contribution in [0.2, 0.25) is 0 Å². The molecule has 4 aliphatic carbocycles. The third kappa shape index (κ3) is 3.78. The lowest BCUT2D eigenvalue weighted by Crippen LogP contribution is -2.63. The lowest BCUT2D eigenvalue weighted by molar-refractivity contribution is -0.154. The van der Waals surface area contributed by atoms with Crippen LogP contribution in [0.4, 0.5) is 0 Å². The Hall–Kier alpha value is -0.0900. The molecule has 0 spiro atoms. The van der Waals surface area contributed by atoms with Crippen LogP contribution >= 0.6 is 15.9 Å². The molecular weight excluding hydrogens is 476 g/mol. The summed E-state index contributed by atoms with van der Waals surface area (Å²) >= 11 is 4.29. The van der Waals surface area contributed by atoms with Gasteiger partial charge in [-0.1, -0.05) is 62.9 Å². The van der Waals surface area contributed by atoms with E-state index in [4.69, 9.17) is 9.47 Å². The van der Waals surface area contributed by atoms with E-state index < -0.39 is 0 Å². The summed E-state index contributed by atoms with van der Waals surface area (Å²) in [6, 6.07) is 0. The molecule has 0 aromatic heterocycles. The van der Waals surface area contributed by atoms with Crippen molar-refractivity contribution in [1.29, 1.82) is 0 Å². The standard InChI is InChI=1S/C29H47BrO3/c1-18(2)7-6-8-19(3)23-9-10-24-22-15-26-29(30)16-21(33-20(4)31)11-14-28(29,17-32-26)25(22)12-13-27(23,24)5/h18-19,21-26H,6-17H2,1-5H3/t19-,21-,22+,23-,24+,25+,26+,27+,28+,29-/m0/s1. The molecule has 0 aromatic carbocycles. The Morgan fingerprint density at radius 1 is 1.09 bits per heavy atom. The first-order valence-electron chi connectivity index (χ1n) is 14.1. The molecule has 5 fully saturated rings. The van der Waals surface area contributed by atoms with Gasteiger partial charge < -0.3 is 9.47 Å². The average molecular weight is 524 g/mol. The minimum absolute atomic E-state index is 0.00455. The molecule has 5 aliphatic rings. The first kappa shape index (κ1) is 24.6. The summed E-state index contributed by atoms with van der Waals surface area (Å²) in [5, 5.41) is 0. The fourth-order valence-corrected chi connectivity index (χ4v) is 11.3. The van der Waals surface area contributed by atoms with Crippen molar-refractivity contribution < 1.29 is 14.3 Å². The van der Waals surface area contributed by atoms with Crippen molar-refractivity contribution in [3.05, 3.63) is 0 Å². The van der Waals surface area contributed by atoms with Gasteiger partial charge in [-0.2, -0.15) is 0 Å². The predicted molar refractivity (Wildman–Crippen MR) is 136 cm³/mol. The average Bonchev–Trinajstić information content (AvgIpc) is 3.16. The van der Waals surface area contributed by atoms with Crippen LogP contribution in [0.25, 0.3) is 0 Å². The molecule has 1 heterocycles. The Morgan fingerprint density at radius 3 is 2.61 bits per heavy atom. The van der Waals surface area contributed by atoms with Crippen molar-refractivity contribution in [2.45, 2.75) is 122 Å². The van der Waals surface area contributed by atoms with Crippen molar-refractivity contribution in [2.24, 2.45) is 46.3 Å². The molecule has 0 unspecified atom stereocenters. The summed E-state index contributed by atoms with van der Waals surface area (Å²) in [7, 11) is 0. The number of esters is 1. The molecule has 33 heavy (non-hydrogen) atoms. The second-order valence-corrected chi connectivity index (χ2v) is 14.9. The van der Waals surface area contributed by atoms with E-state index in [1.54, 1.807) is 6.92 Å². The van der Waals surface area contributed by atoms with Crippen molar-refractivity contribution in [3.8, 4) is 0 Å². The lowest BCUT2D eigenvalue weighted by Gasteiger charge is -2.63. The number of fused-ring (bicyclic) bond motifs is 3. The fraction of sp³-hybridized carbons (Fsp3) is 0.966. The summed E-state index contributed by atoms with van der Waals surface area (Å²) in [5.74, 6) is 4.92. The van der Waals surface area contributed by atoms with E-state index in [0.717, 1.165) is 61.4 Å². The number of ether oxygens (including phenoxy) is 2. The zero-order valence-corrected chi connectivity index (χ0v) is 23.3. The van der Waals surface area contributed by atoms with Gasteiger partial charge in [0.25, 0.3) is 0 Å². The summed E-state index contributed by atoms with van der Waals surface area (Å²) in [4.78, 5) is 11.7. The van der Waals surface area contributed by atoms with Gasteiger partial charge in [-0.05, 0) is 85.9 Å². The molecule has 0 N–H and O–H groups in total. The highest BCUT2D eigenvalue weighted by atomic mass is 79.9.